The number of ether oxygens (including phenoxy) is 3. The van der Waals surface area contributed by atoms with E-state index >= 15 is 0 Å². The number of rotatable bonds is 7. The molecule has 0 fully saturated rings. The zero-order chi connectivity index (χ0) is 16.5. The number of nitrogens with zero attached hydrogens (tertiary/aromatic N) is 1. The molecule has 1 aliphatic rings. The highest BCUT2D eigenvalue weighted by Gasteiger charge is 2.08. The quantitative estimate of drug-likeness (QED) is 0.573. The molecule has 0 saturated heterocycles. The van der Waals surface area contributed by atoms with E-state index in [0.29, 0.717) is 6.61 Å². The number of allylic oxidation sites excluding steroid dienone is 6. The van der Waals surface area contributed by atoms with Crippen molar-refractivity contribution in [2.75, 3.05) is 20.8 Å². The smallest absolute Gasteiger partial charge is 0.204 e. The van der Waals surface area contributed by atoms with Crippen molar-refractivity contribution in [1.29, 1.82) is 0 Å². The Balaban J connectivity index is 2.05. The average Bonchev–Trinajstić information content (AvgIpc) is 2.80. The van der Waals surface area contributed by atoms with Gasteiger partial charge in [-0.05, 0) is 23.8 Å². The van der Waals surface area contributed by atoms with Gasteiger partial charge in [-0.1, -0.05) is 18.2 Å². The molecule has 23 heavy (non-hydrogen) atoms. The van der Waals surface area contributed by atoms with Gasteiger partial charge in [0.05, 0.1) is 0 Å². The monoisotopic (exact) mass is 314 g/mol. The Labute approximate surface area is 138 Å². The van der Waals surface area contributed by atoms with Crippen LogP contribution in [0.1, 0.15) is 12.1 Å². The van der Waals surface area contributed by atoms with Gasteiger partial charge in [-0.25, -0.2) is 4.57 Å². The van der Waals surface area contributed by atoms with Gasteiger partial charge < -0.3 is 14.2 Å². The highest BCUT2D eigenvalue weighted by Crippen LogP contribution is 2.16. The zero-order valence-corrected chi connectivity index (χ0v) is 13.9. The fourth-order valence-corrected chi connectivity index (χ4v) is 2.16. The predicted molar refractivity (Wildman–Crippen MR) is 90.3 cm³/mol. The molecule has 0 bridgehead atoms. The van der Waals surface area contributed by atoms with Crippen LogP contribution in [0.15, 0.2) is 66.1 Å². The van der Waals surface area contributed by atoms with Crippen LogP contribution in [0, 0.1) is 0 Å². The third kappa shape index (κ3) is 5.51. The van der Waals surface area contributed by atoms with Gasteiger partial charge in [-0.15, -0.1) is 0 Å². The van der Waals surface area contributed by atoms with E-state index in [4.69, 9.17) is 14.2 Å². The molecule has 4 heteroatoms. The summed E-state index contributed by atoms with van der Waals surface area (Å²) in [4.78, 5) is 0. The van der Waals surface area contributed by atoms with Gasteiger partial charge in [0.2, 0.25) is 5.69 Å². The van der Waals surface area contributed by atoms with Crippen molar-refractivity contribution < 1.29 is 18.8 Å². The molecule has 4 nitrogen and oxygen atoms in total. The van der Waals surface area contributed by atoms with Crippen LogP contribution in [0.4, 0.5) is 0 Å². The highest BCUT2D eigenvalue weighted by molar-refractivity contribution is 5.51. The summed E-state index contributed by atoms with van der Waals surface area (Å²) in [6, 6.07) is 6.12. The van der Waals surface area contributed by atoms with E-state index in [1.807, 2.05) is 37.5 Å². The average molecular weight is 314 g/mol. The van der Waals surface area contributed by atoms with Crippen LogP contribution >= 0.6 is 0 Å². The first-order valence-electron chi connectivity index (χ1n) is 7.61. The molecule has 0 radical (unpaired) electrons. The van der Waals surface area contributed by atoms with E-state index < -0.39 is 0 Å². The maximum atomic E-state index is 5.79. The molecule has 2 rings (SSSR count). The summed E-state index contributed by atoms with van der Waals surface area (Å²) in [7, 11) is 5.24. The Morgan fingerprint density at radius 2 is 2.04 bits per heavy atom. The second kappa shape index (κ2) is 9.08. The molecule has 1 heterocycles. The zero-order valence-electron chi connectivity index (χ0n) is 13.9. The van der Waals surface area contributed by atoms with E-state index in [2.05, 4.69) is 34.9 Å². The number of hydrogen-bond donors (Lipinski definition) is 0. The Bertz CT molecular complexity index is 625. The molecule has 1 aromatic rings. The normalized spacial score (nSPS) is 14.8. The summed E-state index contributed by atoms with van der Waals surface area (Å²) in [6.07, 6.45) is 14.8. The molecule has 0 spiro atoms. The van der Waals surface area contributed by atoms with Gasteiger partial charge in [-0.3, -0.25) is 0 Å². The maximum absolute atomic E-state index is 5.79. The van der Waals surface area contributed by atoms with Crippen molar-refractivity contribution in [2.45, 2.75) is 12.7 Å². The van der Waals surface area contributed by atoms with Gasteiger partial charge in [-0.2, -0.15) is 0 Å². The lowest BCUT2D eigenvalue weighted by Gasteiger charge is -2.15. The van der Waals surface area contributed by atoms with Gasteiger partial charge in [0.25, 0.3) is 0 Å². The number of methoxy groups -OCH3 is 2. The summed E-state index contributed by atoms with van der Waals surface area (Å²) in [5.74, 6) is 0.895. The van der Waals surface area contributed by atoms with E-state index in [1.165, 1.54) is 0 Å². The van der Waals surface area contributed by atoms with Crippen molar-refractivity contribution >= 4 is 6.08 Å². The van der Waals surface area contributed by atoms with Crippen molar-refractivity contribution in [2.24, 2.45) is 7.05 Å². The van der Waals surface area contributed by atoms with E-state index in [9.17, 15) is 0 Å². The number of pyridine rings is 1. The topological polar surface area (TPSA) is 31.6 Å². The number of hydrogen-bond acceptors (Lipinski definition) is 3. The van der Waals surface area contributed by atoms with Crippen LogP contribution in [-0.4, -0.2) is 27.1 Å². The fourth-order valence-electron chi connectivity index (χ4n) is 2.16. The maximum Gasteiger partial charge on any atom is 0.204 e. The minimum absolute atomic E-state index is 0.352. The lowest BCUT2D eigenvalue weighted by molar-refractivity contribution is -0.673. The molecule has 0 atom stereocenters. The summed E-state index contributed by atoms with van der Waals surface area (Å²) < 4.78 is 18.2. The number of aryl methyl sites for hydroxylation is 1. The van der Waals surface area contributed by atoms with Crippen LogP contribution in [0.5, 0.6) is 0 Å². The van der Waals surface area contributed by atoms with Gasteiger partial charge in [0, 0.05) is 38.8 Å². The minimum Gasteiger partial charge on any atom is -0.492 e. The second-order valence-corrected chi connectivity index (χ2v) is 5.19. The predicted octanol–water partition coefficient (Wildman–Crippen LogP) is 2.93. The summed E-state index contributed by atoms with van der Waals surface area (Å²) >= 11 is 0. The van der Waals surface area contributed by atoms with E-state index in [-0.39, 0.29) is 6.29 Å². The molecule has 0 unspecified atom stereocenters. The Hall–Kier alpha value is -2.17. The molecule has 1 aromatic heterocycles. The fraction of sp³-hybridized carbons (Fsp3) is 0.316. The second-order valence-electron chi connectivity index (χ2n) is 5.19. The first kappa shape index (κ1) is 17.2. The van der Waals surface area contributed by atoms with Gasteiger partial charge in [0.15, 0.2) is 12.5 Å². The molecular formula is C19H24NO3+. The third-order valence-electron chi connectivity index (χ3n) is 3.54. The Morgan fingerprint density at radius 1 is 1.22 bits per heavy atom. The van der Waals surface area contributed by atoms with Gasteiger partial charge in [0.1, 0.15) is 19.4 Å². The van der Waals surface area contributed by atoms with Crippen molar-refractivity contribution in [3.8, 4) is 0 Å². The van der Waals surface area contributed by atoms with E-state index in [0.717, 1.165) is 23.4 Å². The molecule has 1 aliphatic carbocycles. The molecule has 0 aliphatic heterocycles. The first-order valence-corrected chi connectivity index (χ1v) is 7.61. The SMILES string of the molecule is COC(COC1=CC(/C=C/c2cccc[n+]2C)=CC=CC1)OC. The lowest BCUT2D eigenvalue weighted by Crippen LogP contribution is -2.30. The largest absolute Gasteiger partial charge is 0.492 e. The summed E-state index contributed by atoms with van der Waals surface area (Å²) in [6.45, 7) is 0.372. The van der Waals surface area contributed by atoms with Gasteiger partial charge >= 0.3 is 0 Å². The van der Waals surface area contributed by atoms with Crippen LogP contribution in [0.3, 0.4) is 0 Å². The van der Waals surface area contributed by atoms with Crippen molar-refractivity contribution in [3.63, 3.8) is 0 Å². The van der Waals surface area contributed by atoms with Crippen molar-refractivity contribution in [3.05, 3.63) is 71.8 Å². The van der Waals surface area contributed by atoms with Crippen LogP contribution < -0.4 is 4.57 Å². The van der Waals surface area contributed by atoms with Crippen LogP contribution in [-0.2, 0) is 21.3 Å². The molecular weight excluding hydrogens is 290 g/mol. The first-order chi connectivity index (χ1) is 11.2. The van der Waals surface area contributed by atoms with Crippen LogP contribution in [0.25, 0.3) is 6.08 Å². The highest BCUT2D eigenvalue weighted by atomic mass is 16.7. The van der Waals surface area contributed by atoms with Crippen LogP contribution in [0.2, 0.25) is 0 Å². The Kier molecular flexibility index (Phi) is 6.78. The molecule has 0 N–H and O–H groups in total. The summed E-state index contributed by atoms with van der Waals surface area (Å²) in [5, 5.41) is 0. The molecule has 0 aromatic carbocycles. The Morgan fingerprint density at radius 3 is 2.78 bits per heavy atom. The third-order valence-corrected chi connectivity index (χ3v) is 3.54. The molecule has 0 saturated carbocycles. The summed E-state index contributed by atoms with van der Waals surface area (Å²) in [5.41, 5.74) is 2.22. The lowest BCUT2D eigenvalue weighted by atomic mass is 10.2. The minimum atomic E-state index is -0.352. The molecule has 122 valence electrons. The molecule has 0 amide bonds. The van der Waals surface area contributed by atoms with Crippen molar-refractivity contribution in [1.82, 2.24) is 0 Å². The number of aromatic nitrogens is 1. The standard InChI is InChI=1S/C19H24NO3/c1-20-13-7-6-9-17(20)12-11-16-8-4-5-10-18(14-16)23-15-19(21-2)22-3/h4-9,11-14,19H,10,15H2,1-3H3/q+1/b12-11+. The van der Waals surface area contributed by atoms with E-state index in [1.54, 1.807) is 14.2 Å².